The van der Waals surface area contributed by atoms with Gasteiger partial charge in [0, 0.05) is 16.7 Å². The number of ether oxygens (including phenoxy) is 1. The van der Waals surface area contributed by atoms with E-state index in [-0.39, 0.29) is 5.97 Å². The summed E-state index contributed by atoms with van der Waals surface area (Å²) >= 11 is 1.81. The highest BCUT2D eigenvalue weighted by molar-refractivity contribution is 7.98. The quantitative estimate of drug-likeness (QED) is 0.413. The summed E-state index contributed by atoms with van der Waals surface area (Å²) in [5.41, 5.74) is 4.21. The lowest BCUT2D eigenvalue weighted by Gasteiger charge is -2.32. The molecule has 124 valence electrons. The first-order valence-electron chi connectivity index (χ1n) is 8.17. The predicted octanol–water partition coefficient (Wildman–Crippen LogP) is 5.17. The van der Waals surface area contributed by atoms with Gasteiger partial charge in [0.25, 0.3) is 0 Å². The summed E-state index contributed by atoms with van der Waals surface area (Å²) in [6, 6.07) is 16.5. The fourth-order valence-corrected chi connectivity index (χ4v) is 3.86. The van der Waals surface area contributed by atoms with E-state index in [1.807, 2.05) is 36.0 Å². The normalized spacial score (nSPS) is 13.9. The molecule has 3 rings (SSSR count). The topological polar surface area (TPSA) is 26.3 Å². The molecule has 2 aromatic carbocycles. The number of carbonyl (C=O) groups is 1. The number of rotatable bonds is 6. The molecule has 0 amide bonds. The first-order chi connectivity index (χ1) is 11.6. The predicted molar refractivity (Wildman–Crippen MR) is 101 cm³/mol. The first-order valence-corrected chi connectivity index (χ1v) is 9.56. The Morgan fingerprint density at radius 3 is 2.12 bits per heavy atom. The molecule has 1 aliphatic rings. The van der Waals surface area contributed by atoms with Crippen LogP contribution < -0.4 is 0 Å². The number of hydrogen-bond acceptors (Lipinski definition) is 3. The zero-order chi connectivity index (χ0) is 17.2. The lowest BCUT2D eigenvalue weighted by molar-refractivity contribution is -0.152. The summed E-state index contributed by atoms with van der Waals surface area (Å²) in [5.74, 6) is 0.710. The van der Waals surface area contributed by atoms with E-state index in [4.69, 9.17) is 4.74 Å². The highest BCUT2D eigenvalue weighted by atomic mass is 32.2. The molecule has 0 aromatic heterocycles. The minimum absolute atomic E-state index is 0.328. The number of thioether (sulfide) groups is 1. The second-order valence-electron chi connectivity index (χ2n) is 6.18. The van der Waals surface area contributed by atoms with Crippen LogP contribution in [0.15, 0.2) is 60.7 Å². The van der Waals surface area contributed by atoms with E-state index >= 15 is 0 Å². The third-order valence-electron chi connectivity index (χ3n) is 4.51. The Morgan fingerprint density at radius 2 is 1.62 bits per heavy atom. The molecule has 0 spiro atoms. The fourth-order valence-electron chi connectivity index (χ4n) is 3.43. The number of hydrogen-bond donors (Lipinski definition) is 0. The van der Waals surface area contributed by atoms with E-state index in [0.717, 1.165) is 40.8 Å². The summed E-state index contributed by atoms with van der Waals surface area (Å²) in [4.78, 5) is 12.4. The van der Waals surface area contributed by atoms with Crippen molar-refractivity contribution in [3.05, 3.63) is 71.8 Å². The van der Waals surface area contributed by atoms with Gasteiger partial charge in [0.1, 0.15) is 0 Å². The molecule has 2 nitrogen and oxygen atoms in total. The molecule has 0 saturated heterocycles. The SMILES string of the molecule is C=C(C)C(=O)OC1(CCCSC)c2ccccc2-c2ccccc21. The van der Waals surface area contributed by atoms with E-state index < -0.39 is 5.60 Å². The molecule has 0 fully saturated rings. The number of carbonyl (C=O) groups excluding carboxylic acids is 1. The largest absolute Gasteiger partial charge is 0.446 e. The molecule has 0 atom stereocenters. The van der Waals surface area contributed by atoms with Gasteiger partial charge < -0.3 is 4.74 Å². The Balaban J connectivity index is 2.15. The van der Waals surface area contributed by atoms with Gasteiger partial charge in [0.2, 0.25) is 0 Å². The average Bonchev–Trinajstić information content (AvgIpc) is 2.86. The maximum absolute atomic E-state index is 12.4. The molecular formula is C21H22O2S. The molecule has 0 aliphatic heterocycles. The summed E-state index contributed by atoms with van der Waals surface area (Å²) in [7, 11) is 0. The smallest absolute Gasteiger partial charge is 0.334 e. The van der Waals surface area contributed by atoms with Gasteiger partial charge >= 0.3 is 5.97 Å². The number of esters is 1. The first kappa shape index (κ1) is 16.8. The Hall–Kier alpha value is -2.00. The van der Waals surface area contributed by atoms with E-state index in [1.54, 1.807) is 6.92 Å². The van der Waals surface area contributed by atoms with Crippen molar-refractivity contribution >= 4 is 17.7 Å². The Bertz CT molecular complexity index is 733. The van der Waals surface area contributed by atoms with Crippen LogP contribution in [0, 0.1) is 0 Å². The van der Waals surface area contributed by atoms with Crippen LogP contribution in [0.1, 0.15) is 30.9 Å². The van der Waals surface area contributed by atoms with Gasteiger partial charge in [0.05, 0.1) is 0 Å². The molecule has 0 radical (unpaired) electrons. The van der Waals surface area contributed by atoms with Gasteiger partial charge in [-0.25, -0.2) is 4.79 Å². The summed E-state index contributed by atoms with van der Waals surface area (Å²) in [6.45, 7) is 5.46. The van der Waals surface area contributed by atoms with Crippen molar-refractivity contribution in [2.45, 2.75) is 25.4 Å². The minimum Gasteiger partial charge on any atom is -0.446 e. The zero-order valence-electron chi connectivity index (χ0n) is 14.2. The van der Waals surface area contributed by atoms with Gasteiger partial charge in [-0.2, -0.15) is 11.8 Å². The van der Waals surface area contributed by atoms with Crippen LogP contribution in [-0.4, -0.2) is 18.0 Å². The van der Waals surface area contributed by atoms with Crippen LogP contribution in [0.3, 0.4) is 0 Å². The van der Waals surface area contributed by atoms with Crippen LogP contribution >= 0.6 is 11.8 Å². The number of fused-ring (bicyclic) bond motifs is 3. The minimum atomic E-state index is -0.709. The van der Waals surface area contributed by atoms with Crippen molar-refractivity contribution in [1.29, 1.82) is 0 Å². The van der Waals surface area contributed by atoms with E-state index in [1.165, 1.54) is 0 Å². The van der Waals surface area contributed by atoms with Gasteiger partial charge in [-0.3, -0.25) is 0 Å². The molecule has 0 bridgehead atoms. The lowest BCUT2D eigenvalue weighted by atomic mass is 9.86. The molecule has 2 aromatic rings. The van der Waals surface area contributed by atoms with Crippen molar-refractivity contribution in [1.82, 2.24) is 0 Å². The van der Waals surface area contributed by atoms with Gasteiger partial charge in [-0.05, 0) is 42.9 Å². The monoisotopic (exact) mass is 338 g/mol. The van der Waals surface area contributed by atoms with Crippen LogP contribution in [0.4, 0.5) is 0 Å². The van der Waals surface area contributed by atoms with Crippen molar-refractivity contribution in [2.75, 3.05) is 12.0 Å². The van der Waals surface area contributed by atoms with E-state index in [0.29, 0.717) is 5.57 Å². The van der Waals surface area contributed by atoms with E-state index in [2.05, 4.69) is 37.1 Å². The van der Waals surface area contributed by atoms with Gasteiger partial charge in [-0.1, -0.05) is 55.1 Å². The molecule has 24 heavy (non-hydrogen) atoms. The second kappa shape index (κ2) is 6.86. The second-order valence-corrected chi connectivity index (χ2v) is 7.17. The molecule has 1 aliphatic carbocycles. The van der Waals surface area contributed by atoms with Crippen molar-refractivity contribution in [3.8, 4) is 11.1 Å². The van der Waals surface area contributed by atoms with Crippen LogP contribution in [0.25, 0.3) is 11.1 Å². The van der Waals surface area contributed by atoms with Crippen molar-refractivity contribution < 1.29 is 9.53 Å². The highest BCUT2D eigenvalue weighted by Crippen LogP contribution is 2.52. The molecule has 0 unspecified atom stereocenters. The highest BCUT2D eigenvalue weighted by Gasteiger charge is 2.45. The average molecular weight is 338 g/mol. The Morgan fingerprint density at radius 1 is 1.08 bits per heavy atom. The van der Waals surface area contributed by atoms with Crippen LogP contribution in [0.5, 0.6) is 0 Å². The van der Waals surface area contributed by atoms with Crippen molar-refractivity contribution in [2.24, 2.45) is 0 Å². The van der Waals surface area contributed by atoms with Crippen LogP contribution in [0.2, 0.25) is 0 Å². The van der Waals surface area contributed by atoms with E-state index in [9.17, 15) is 4.79 Å². The summed E-state index contributed by atoms with van der Waals surface area (Å²) in [6.07, 6.45) is 3.86. The van der Waals surface area contributed by atoms with Gasteiger partial charge in [-0.15, -0.1) is 0 Å². The standard InChI is InChI=1S/C21H22O2S/c1-15(2)20(22)23-21(13-8-14-24-3)18-11-6-4-9-16(18)17-10-5-7-12-19(17)21/h4-7,9-12H,1,8,13-14H2,2-3H3. The summed E-state index contributed by atoms with van der Waals surface area (Å²) < 4.78 is 6.11. The third-order valence-corrected chi connectivity index (χ3v) is 5.20. The molecular weight excluding hydrogens is 316 g/mol. The van der Waals surface area contributed by atoms with Crippen molar-refractivity contribution in [3.63, 3.8) is 0 Å². The Kier molecular flexibility index (Phi) is 4.81. The summed E-state index contributed by atoms with van der Waals surface area (Å²) in [5, 5.41) is 0. The van der Waals surface area contributed by atoms with Gasteiger partial charge in [0.15, 0.2) is 5.60 Å². The molecule has 0 heterocycles. The maximum Gasteiger partial charge on any atom is 0.334 e. The van der Waals surface area contributed by atoms with Crippen LogP contribution in [-0.2, 0) is 15.1 Å². The maximum atomic E-state index is 12.4. The lowest BCUT2D eigenvalue weighted by Crippen LogP contribution is -2.32. The molecule has 3 heteroatoms. The fraction of sp³-hybridized carbons (Fsp3) is 0.286. The third kappa shape index (κ3) is 2.78. The molecule has 0 N–H and O–H groups in total. The molecule has 0 saturated carbocycles. The zero-order valence-corrected chi connectivity index (χ0v) is 15.0. The number of benzene rings is 2. The Labute approximate surface area is 147 Å².